The molecule has 0 spiro atoms. The Morgan fingerprint density at radius 3 is 2.87 bits per heavy atom. The fourth-order valence-electron chi connectivity index (χ4n) is 2.32. The summed E-state index contributed by atoms with van der Waals surface area (Å²) >= 11 is 6.08. The second-order valence-electron chi connectivity index (χ2n) is 4.98. The van der Waals surface area contributed by atoms with Crippen LogP contribution in [0.15, 0.2) is 48.9 Å². The van der Waals surface area contributed by atoms with Gasteiger partial charge in [-0.05, 0) is 29.3 Å². The van der Waals surface area contributed by atoms with Crippen LogP contribution in [0.2, 0.25) is 5.02 Å². The maximum absolute atomic E-state index is 6.08. The summed E-state index contributed by atoms with van der Waals surface area (Å²) in [5.41, 5.74) is 3.58. The predicted molar refractivity (Wildman–Crippen MR) is 90.5 cm³/mol. The van der Waals surface area contributed by atoms with E-state index in [0.29, 0.717) is 17.4 Å². The molecule has 0 aliphatic heterocycles. The van der Waals surface area contributed by atoms with Gasteiger partial charge in [-0.15, -0.1) is 6.42 Å². The molecular weight excluding hydrogens is 310 g/mol. The molecule has 0 aliphatic rings. The zero-order valence-corrected chi connectivity index (χ0v) is 13.3. The first-order valence-electron chi connectivity index (χ1n) is 6.97. The zero-order chi connectivity index (χ0) is 16.2. The molecule has 3 rings (SSSR count). The van der Waals surface area contributed by atoms with Crippen molar-refractivity contribution in [2.24, 2.45) is 0 Å². The summed E-state index contributed by atoms with van der Waals surface area (Å²) in [5.74, 6) is 3.12. The first kappa shape index (κ1) is 15.1. The van der Waals surface area contributed by atoms with Gasteiger partial charge in [0.25, 0.3) is 0 Å². The minimum atomic E-state index is 0.556. The van der Waals surface area contributed by atoms with Crippen molar-refractivity contribution in [1.82, 2.24) is 14.8 Å². The molecule has 4 nitrogen and oxygen atoms in total. The maximum Gasteiger partial charge on any atom is 0.221 e. The number of pyridine rings is 1. The van der Waals surface area contributed by atoms with Crippen LogP contribution < -0.4 is 4.74 Å². The van der Waals surface area contributed by atoms with E-state index < -0.39 is 0 Å². The number of halogens is 1. The van der Waals surface area contributed by atoms with Gasteiger partial charge in [0.15, 0.2) is 0 Å². The lowest BCUT2D eigenvalue weighted by Crippen LogP contribution is -2.02. The van der Waals surface area contributed by atoms with Crippen molar-refractivity contribution in [3.63, 3.8) is 0 Å². The van der Waals surface area contributed by atoms with E-state index in [1.165, 1.54) is 0 Å². The Hall–Kier alpha value is -2.77. The molecule has 0 atom stereocenters. The lowest BCUT2D eigenvalue weighted by atomic mass is 10.1. The maximum atomic E-state index is 6.08. The third kappa shape index (κ3) is 3.36. The van der Waals surface area contributed by atoms with Gasteiger partial charge in [-0.2, -0.15) is 5.10 Å². The zero-order valence-electron chi connectivity index (χ0n) is 12.5. The molecule has 114 valence electrons. The van der Waals surface area contributed by atoms with E-state index in [4.69, 9.17) is 22.8 Å². The van der Waals surface area contributed by atoms with Gasteiger partial charge in [-0.25, -0.2) is 4.98 Å². The van der Waals surface area contributed by atoms with Crippen LogP contribution >= 0.6 is 11.6 Å². The third-order valence-corrected chi connectivity index (χ3v) is 3.62. The molecule has 3 aromatic rings. The summed E-state index contributed by atoms with van der Waals surface area (Å²) < 4.78 is 7.14. The molecule has 0 saturated heterocycles. The number of rotatable bonds is 4. The molecular formula is C18H14ClN3O. The van der Waals surface area contributed by atoms with Gasteiger partial charge in [0, 0.05) is 23.0 Å². The number of hydrogen-bond acceptors (Lipinski definition) is 3. The Morgan fingerprint density at radius 1 is 1.30 bits per heavy atom. The molecule has 0 saturated carbocycles. The van der Waals surface area contributed by atoms with Crippen LogP contribution in [-0.4, -0.2) is 21.9 Å². The number of benzene rings is 1. The van der Waals surface area contributed by atoms with Gasteiger partial charge >= 0.3 is 0 Å². The fraction of sp³-hybridized carbons (Fsp3) is 0.111. The van der Waals surface area contributed by atoms with E-state index in [-0.39, 0.29) is 0 Å². The highest BCUT2D eigenvalue weighted by molar-refractivity contribution is 6.30. The van der Waals surface area contributed by atoms with Crippen LogP contribution in [-0.2, 0) is 6.54 Å². The van der Waals surface area contributed by atoms with Gasteiger partial charge in [0.2, 0.25) is 5.88 Å². The average Bonchev–Trinajstić information content (AvgIpc) is 3.02. The Morgan fingerprint density at radius 2 is 2.17 bits per heavy atom. The molecule has 0 fully saturated rings. The van der Waals surface area contributed by atoms with Crippen LogP contribution in [0, 0.1) is 12.3 Å². The number of hydrogen-bond donors (Lipinski definition) is 0. The summed E-state index contributed by atoms with van der Waals surface area (Å²) in [4.78, 5) is 4.38. The van der Waals surface area contributed by atoms with Crippen molar-refractivity contribution in [1.29, 1.82) is 0 Å². The van der Waals surface area contributed by atoms with Crippen molar-refractivity contribution >= 4 is 11.6 Å². The number of nitrogens with zero attached hydrogens (tertiary/aromatic N) is 3. The normalized spacial score (nSPS) is 10.3. The monoisotopic (exact) mass is 323 g/mol. The molecule has 23 heavy (non-hydrogen) atoms. The van der Waals surface area contributed by atoms with Crippen LogP contribution in [0.25, 0.3) is 11.1 Å². The van der Waals surface area contributed by atoms with Gasteiger partial charge in [0.1, 0.15) is 0 Å². The Kier molecular flexibility index (Phi) is 4.31. The molecule has 0 bridgehead atoms. The largest absolute Gasteiger partial charge is 0.481 e. The van der Waals surface area contributed by atoms with E-state index in [1.54, 1.807) is 24.2 Å². The number of terminal acetylenes is 1. The van der Waals surface area contributed by atoms with Crippen molar-refractivity contribution in [2.45, 2.75) is 6.54 Å². The van der Waals surface area contributed by atoms with E-state index in [2.05, 4.69) is 16.0 Å². The first-order chi connectivity index (χ1) is 11.2. The van der Waals surface area contributed by atoms with Crippen molar-refractivity contribution in [3.05, 3.63) is 65.1 Å². The molecule has 5 heteroatoms. The Bertz CT molecular complexity index is 880. The second-order valence-corrected chi connectivity index (χ2v) is 5.42. The van der Waals surface area contributed by atoms with Crippen LogP contribution in [0.3, 0.4) is 0 Å². The van der Waals surface area contributed by atoms with Crippen LogP contribution in [0.4, 0.5) is 0 Å². The molecule has 0 radical (unpaired) electrons. The summed E-state index contributed by atoms with van der Waals surface area (Å²) in [6.45, 7) is 0.576. The van der Waals surface area contributed by atoms with E-state index in [9.17, 15) is 0 Å². The lowest BCUT2D eigenvalue weighted by molar-refractivity contribution is 0.399. The minimum absolute atomic E-state index is 0.556. The Balaban J connectivity index is 1.97. The summed E-state index contributed by atoms with van der Waals surface area (Å²) in [5, 5.41) is 4.90. The van der Waals surface area contributed by atoms with Gasteiger partial charge in [-0.1, -0.05) is 29.7 Å². The summed E-state index contributed by atoms with van der Waals surface area (Å²) in [7, 11) is 1.60. The highest BCUT2D eigenvalue weighted by atomic mass is 35.5. The summed E-state index contributed by atoms with van der Waals surface area (Å²) in [6.07, 6.45) is 10.6. The first-order valence-corrected chi connectivity index (χ1v) is 7.35. The van der Waals surface area contributed by atoms with Gasteiger partial charge < -0.3 is 4.74 Å². The van der Waals surface area contributed by atoms with E-state index in [1.807, 2.05) is 36.5 Å². The molecule has 2 aromatic heterocycles. The number of ether oxygens (including phenoxy) is 1. The minimum Gasteiger partial charge on any atom is -0.481 e. The molecule has 0 unspecified atom stereocenters. The van der Waals surface area contributed by atoms with Crippen LogP contribution in [0.5, 0.6) is 5.88 Å². The SMILES string of the molecule is C#Cc1cnn(Cc2cnc(OC)c(-c3cccc(Cl)c3)c2)c1. The standard InChI is InChI=1S/C18H14ClN3O/c1-3-13-10-21-22(11-13)12-14-7-17(18(23-2)20-9-14)15-5-4-6-16(19)8-15/h1,4-11H,12H2,2H3. The van der Waals surface area contributed by atoms with Crippen LogP contribution in [0.1, 0.15) is 11.1 Å². The molecule has 1 aromatic carbocycles. The fourth-order valence-corrected chi connectivity index (χ4v) is 2.51. The second kappa shape index (κ2) is 6.55. The third-order valence-electron chi connectivity index (χ3n) is 3.38. The van der Waals surface area contributed by atoms with Gasteiger partial charge in [0.05, 0.1) is 25.4 Å². The van der Waals surface area contributed by atoms with Crippen molar-refractivity contribution in [3.8, 4) is 29.4 Å². The smallest absolute Gasteiger partial charge is 0.221 e. The molecule has 0 N–H and O–H groups in total. The molecule has 0 amide bonds. The molecule has 2 heterocycles. The van der Waals surface area contributed by atoms with E-state index >= 15 is 0 Å². The average molecular weight is 324 g/mol. The lowest BCUT2D eigenvalue weighted by Gasteiger charge is -2.10. The predicted octanol–water partition coefficient (Wildman–Crippen LogP) is 3.64. The quantitative estimate of drug-likeness (QED) is 0.688. The van der Waals surface area contributed by atoms with Crippen molar-refractivity contribution in [2.75, 3.05) is 7.11 Å². The summed E-state index contributed by atoms with van der Waals surface area (Å²) in [6, 6.07) is 9.61. The Labute approximate surface area is 139 Å². The number of methoxy groups -OCH3 is 1. The van der Waals surface area contributed by atoms with Gasteiger partial charge in [-0.3, -0.25) is 4.68 Å². The highest BCUT2D eigenvalue weighted by Crippen LogP contribution is 2.30. The van der Waals surface area contributed by atoms with Crippen molar-refractivity contribution < 1.29 is 4.74 Å². The molecule has 0 aliphatic carbocycles. The van der Waals surface area contributed by atoms with E-state index in [0.717, 1.165) is 22.3 Å². The highest BCUT2D eigenvalue weighted by Gasteiger charge is 2.10. The number of aromatic nitrogens is 3. The topological polar surface area (TPSA) is 39.9 Å².